The minimum Gasteiger partial charge on any atom is -0.398 e. The predicted octanol–water partition coefficient (Wildman–Crippen LogP) is 3.42. The standard InChI is InChI=1S/C11H7F5N2/c1-4-9(17)5-2-6(12)7(13)3-8(5)18-10(4)11(14,15)16/h2-3H,1H3,(H2,17,18). The van der Waals surface area contributed by atoms with E-state index in [0.29, 0.717) is 6.07 Å². The Kier molecular flexibility index (Phi) is 2.64. The van der Waals surface area contributed by atoms with Gasteiger partial charge in [-0.15, -0.1) is 0 Å². The molecule has 96 valence electrons. The molecular weight excluding hydrogens is 255 g/mol. The first-order chi connectivity index (χ1) is 8.21. The fraction of sp³-hybridized carbons (Fsp3) is 0.182. The first kappa shape index (κ1) is 12.5. The molecule has 1 aromatic carbocycles. The highest BCUT2D eigenvalue weighted by Gasteiger charge is 2.35. The zero-order valence-corrected chi connectivity index (χ0v) is 9.07. The minimum atomic E-state index is -4.70. The number of fused-ring (bicyclic) bond motifs is 1. The van der Waals surface area contributed by atoms with E-state index in [1.807, 2.05) is 0 Å². The van der Waals surface area contributed by atoms with Crippen LogP contribution in [0.3, 0.4) is 0 Å². The highest BCUT2D eigenvalue weighted by Crippen LogP contribution is 2.36. The summed E-state index contributed by atoms with van der Waals surface area (Å²) >= 11 is 0. The Morgan fingerprint density at radius 1 is 1.11 bits per heavy atom. The summed E-state index contributed by atoms with van der Waals surface area (Å²) in [7, 11) is 0. The fourth-order valence-electron chi connectivity index (χ4n) is 1.65. The largest absolute Gasteiger partial charge is 0.433 e. The molecule has 7 heteroatoms. The van der Waals surface area contributed by atoms with Crippen LogP contribution < -0.4 is 5.73 Å². The molecule has 2 nitrogen and oxygen atoms in total. The van der Waals surface area contributed by atoms with E-state index in [4.69, 9.17) is 5.73 Å². The SMILES string of the molecule is Cc1c(C(F)(F)F)nc2cc(F)c(F)cc2c1N. The van der Waals surface area contributed by atoms with E-state index in [1.165, 1.54) is 0 Å². The summed E-state index contributed by atoms with van der Waals surface area (Å²) in [6.45, 7) is 1.13. The summed E-state index contributed by atoms with van der Waals surface area (Å²) in [5.41, 5.74) is 3.42. The topological polar surface area (TPSA) is 38.9 Å². The van der Waals surface area contributed by atoms with Crippen LogP contribution in [0, 0.1) is 18.6 Å². The zero-order chi connectivity index (χ0) is 13.7. The number of benzene rings is 1. The molecule has 0 radical (unpaired) electrons. The van der Waals surface area contributed by atoms with Crippen molar-refractivity contribution in [1.29, 1.82) is 0 Å². The molecule has 0 spiro atoms. The van der Waals surface area contributed by atoms with Crippen LogP contribution >= 0.6 is 0 Å². The van der Waals surface area contributed by atoms with Gasteiger partial charge < -0.3 is 5.73 Å². The number of anilines is 1. The molecule has 18 heavy (non-hydrogen) atoms. The monoisotopic (exact) mass is 262 g/mol. The molecular formula is C11H7F5N2. The number of pyridine rings is 1. The molecule has 2 N–H and O–H groups in total. The van der Waals surface area contributed by atoms with E-state index in [9.17, 15) is 22.0 Å². The second-order valence-corrected chi connectivity index (χ2v) is 3.78. The van der Waals surface area contributed by atoms with Crippen LogP contribution in [0.15, 0.2) is 12.1 Å². The number of nitrogens with two attached hydrogens (primary N) is 1. The van der Waals surface area contributed by atoms with E-state index < -0.39 is 23.5 Å². The predicted molar refractivity (Wildman–Crippen MR) is 55.8 cm³/mol. The molecule has 0 aliphatic rings. The first-order valence-electron chi connectivity index (χ1n) is 4.84. The van der Waals surface area contributed by atoms with Gasteiger partial charge in [0.1, 0.15) is 5.69 Å². The number of halogens is 5. The lowest BCUT2D eigenvalue weighted by atomic mass is 10.1. The average Bonchev–Trinajstić information content (AvgIpc) is 2.25. The van der Waals surface area contributed by atoms with E-state index in [1.54, 1.807) is 0 Å². The van der Waals surface area contributed by atoms with Crippen molar-refractivity contribution in [3.05, 3.63) is 35.0 Å². The van der Waals surface area contributed by atoms with Gasteiger partial charge in [-0.2, -0.15) is 13.2 Å². The van der Waals surface area contributed by atoms with Gasteiger partial charge in [-0.3, -0.25) is 0 Å². The third-order valence-electron chi connectivity index (χ3n) is 2.59. The Hall–Kier alpha value is -1.92. The number of hydrogen-bond donors (Lipinski definition) is 1. The van der Waals surface area contributed by atoms with Crippen molar-refractivity contribution in [3.63, 3.8) is 0 Å². The molecule has 0 saturated carbocycles. The summed E-state index contributed by atoms with van der Waals surface area (Å²) in [5.74, 6) is -2.46. The molecule has 0 aliphatic heterocycles. The molecule has 0 amide bonds. The van der Waals surface area contributed by atoms with Gasteiger partial charge in [0.05, 0.1) is 5.52 Å². The van der Waals surface area contributed by atoms with Crippen LogP contribution in [-0.2, 0) is 6.18 Å². The Morgan fingerprint density at radius 2 is 1.67 bits per heavy atom. The Labute approximate surface area is 98.2 Å². The van der Waals surface area contributed by atoms with Crippen molar-refractivity contribution in [3.8, 4) is 0 Å². The van der Waals surface area contributed by atoms with Crippen LogP contribution in [-0.4, -0.2) is 4.98 Å². The lowest BCUT2D eigenvalue weighted by Crippen LogP contribution is -2.12. The molecule has 2 rings (SSSR count). The fourth-order valence-corrected chi connectivity index (χ4v) is 1.65. The number of aromatic nitrogens is 1. The molecule has 0 aliphatic carbocycles. The van der Waals surface area contributed by atoms with Gasteiger partial charge in [0.25, 0.3) is 0 Å². The number of alkyl halides is 3. The van der Waals surface area contributed by atoms with Gasteiger partial charge in [0.2, 0.25) is 0 Å². The molecule has 1 aromatic heterocycles. The lowest BCUT2D eigenvalue weighted by Gasteiger charge is -2.13. The van der Waals surface area contributed by atoms with Gasteiger partial charge in [-0.05, 0) is 13.0 Å². The van der Waals surface area contributed by atoms with Crippen molar-refractivity contribution >= 4 is 16.6 Å². The first-order valence-corrected chi connectivity index (χ1v) is 4.84. The summed E-state index contributed by atoms with van der Waals surface area (Å²) in [5, 5.41) is -0.0422. The summed E-state index contributed by atoms with van der Waals surface area (Å²) in [6, 6.07) is 1.33. The van der Waals surface area contributed by atoms with Gasteiger partial charge in [0.15, 0.2) is 11.6 Å². The molecule has 2 aromatic rings. The zero-order valence-electron chi connectivity index (χ0n) is 9.07. The Balaban J connectivity index is 2.88. The Morgan fingerprint density at radius 3 is 2.22 bits per heavy atom. The average molecular weight is 262 g/mol. The third kappa shape index (κ3) is 1.85. The molecule has 1 heterocycles. The highest BCUT2D eigenvalue weighted by atomic mass is 19.4. The van der Waals surface area contributed by atoms with Crippen molar-refractivity contribution in [2.75, 3.05) is 5.73 Å². The third-order valence-corrected chi connectivity index (χ3v) is 2.59. The van der Waals surface area contributed by atoms with E-state index >= 15 is 0 Å². The minimum absolute atomic E-state index is 0.0422. The normalized spacial score (nSPS) is 12.1. The second-order valence-electron chi connectivity index (χ2n) is 3.78. The van der Waals surface area contributed by atoms with Crippen LogP contribution in [0.2, 0.25) is 0 Å². The maximum absolute atomic E-state index is 13.0. The summed E-state index contributed by atoms with van der Waals surface area (Å²) in [6.07, 6.45) is -4.70. The number of hydrogen-bond acceptors (Lipinski definition) is 2. The number of rotatable bonds is 0. The molecule has 0 atom stereocenters. The van der Waals surface area contributed by atoms with Crippen molar-refractivity contribution < 1.29 is 22.0 Å². The van der Waals surface area contributed by atoms with E-state index in [0.717, 1.165) is 13.0 Å². The van der Waals surface area contributed by atoms with Crippen LogP contribution in [0.5, 0.6) is 0 Å². The highest BCUT2D eigenvalue weighted by molar-refractivity contribution is 5.92. The molecule has 0 saturated heterocycles. The van der Waals surface area contributed by atoms with Gasteiger partial charge in [-0.25, -0.2) is 13.8 Å². The lowest BCUT2D eigenvalue weighted by molar-refractivity contribution is -0.141. The number of nitrogens with zero attached hydrogens (tertiary/aromatic N) is 1. The van der Waals surface area contributed by atoms with E-state index in [2.05, 4.69) is 4.98 Å². The second kappa shape index (κ2) is 3.79. The molecule has 0 fully saturated rings. The maximum Gasteiger partial charge on any atom is 0.433 e. The number of nitrogen functional groups attached to an aromatic ring is 1. The van der Waals surface area contributed by atoms with Crippen molar-refractivity contribution in [1.82, 2.24) is 4.98 Å². The van der Waals surface area contributed by atoms with Crippen molar-refractivity contribution in [2.45, 2.75) is 13.1 Å². The van der Waals surface area contributed by atoms with Crippen LogP contribution in [0.4, 0.5) is 27.6 Å². The Bertz CT molecular complexity index is 634. The molecule has 0 bridgehead atoms. The van der Waals surface area contributed by atoms with Gasteiger partial charge in [0, 0.05) is 22.7 Å². The molecule has 0 unspecified atom stereocenters. The maximum atomic E-state index is 13.0. The van der Waals surface area contributed by atoms with Gasteiger partial charge in [-0.1, -0.05) is 0 Å². The van der Waals surface area contributed by atoms with Crippen molar-refractivity contribution in [2.24, 2.45) is 0 Å². The summed E-state index contributed by atoms with van der Waals surface area (Å²) < 4.78 is 63.9. The van der Waals surface area contributed by atoms with E-state index in [-0.39, 0.29) is 22.2 Å². The smallest absolute Gasteiger partial charge is 0.398 e. The summed E-state index contributed by atoms with van der Waals surface area (Å²) in [4.78, 5) is 3.30. The van der Waals surface area contributed by atoms with Crippen LogP contribution in [0.1, 0.15) is 11.3 Å². The van der Waals surface area contributed by atoms with Crippen LogP contribution in [0.25, 0.3) is 10.9 Å². The quantitative estimate of drug-likeness (QED) is 0.739. The van der Waals surface area contributed by atoms with Gasteiger partial charge >= 0.3 is 6.18 Å².